The summed E-state index contributed by atoms with van der Waals surface area (Å²) >= 11 is 0. The summed E-state index contributed by atoms with van der Waals surface area (Å²) in [6.45, 7) is 3.82. The Labute approximate surface area is 115 Å². The Hall–Kier alpha value is -2.15. The third-order valence-corrected chi connectivity index (χ3v) is 2.91. The van der Waals surface area contributed by atoms with Gasteiger partial charge in [-0.25, -0.2) is 4.68 Å². The fraction of sp³-hybridized carbons (Fsp3) is 0.462. The van der Waals surface area contributed by atoms with Crippen LogP contribution >= 0.6 is 0 Å². The van der Waals surface area contributed by atoms with E-state index >= 15 is 0 Å². The molecule has 0 fully saturated rings. The van der Waals surface area contributed by atoms with Crippen LogP contribution in [0.5, 0.6) is 0 Å². The van der Waals surface area contributed by atoms with Gasteiger partial charge in [0.2, 0.25) is 0 Å². The predicted octanol–water partition coefficient (Wildman–Crippen LogP) is 0.850. The maximum atomic E-state index is 12.2. The van der Waals surface area contributed by atoms with E-state index in [1.165, 1.54) is 0 Å². The first kappa shape index (κ1) is 14.3. The number of hydrogen-bond acceptors (Lipinski definition) is 4. The van der Waals surface area contributed by atoms with E-state index in [4.69, 9.17) is 9.84 Å². The molecule has 2 rings (SSSR count). The third kappa shape index (κ3) is 2.57. The van der Waals surface area contributed by atoms with Gasteiger partial charge >= 0.3 is 5.97 Å². The number of carbonyl (C=O) groups is 1. The zero-order valence-electron chi connectivity index (χ0n) is 11.7. The molecule has 2 heterocycles. The van der Waals surface area contributed by atoms with Crippen molar-refractivity contribution in [1.29, 1.82) is 0 Å². The molecule has 0 radical (unpaired) electrons. The topological polar surface area (TPSA) is 85.8 Å². The van der Waals surface area contributed by atoms with Crippen molar-refractivity contribution in [2.45, 2.75) is 32.9 Å². The van der Waals surface area contributed by atoms with Crippen LogP contribution in [0.25, 0.3) is 5.52 Å². The van der Waals surface area contributed by atoms with Crippen molar-refractivity contribution in [3.63, 3.8) is 0 Å². The first-order valence-corrected chi connectivity index (χ1v) is 6.26. The summed E-state index contributed by atoms with van der Waals surface area (Å²) in [5, 5.41) is 13.0. The van der Waals surface area contributed by atoms with Crippen molar-refractivity contribution in [1.82, 2.24) is 14.2 Å². The number of aliphatic carboxylic acids is 1. The minimum absolute atomic E-state index is 0.0564. The smallest absolute Gasteiger partial charge is 0.325 e. The molecule has 0 aromatic carbocycles. The van der Waals surface area contributed by atoms with Gasteiger partial charge in [0, 0.05) is 19.2 Å². The van der Waals surface area contributed by atoms with Gasteiger partial charge in [0.15, 0.2) is 0 Å². The Balaban J connectivity index is 2.70. The maximum absolute atomic E-state index is 12.2. The van der Waals surface area contributed by atoms with Crippen molar-refractivity contribution in [3.05, 3.63) is 34.0 Å². The molecule has 0 atom stereocenters. The van der Waals surface area contributed by atoms with Crippen LogP contribution in [-0.4, -0.2) is 32.4 Å². The van der Waals surface area contributed by atoms with Crippen LogP contribution in [0, 0.1) is 0 Å². The highest BCUT2D eigenvalue weighted by Crippen LogP contribution is 2.15. The van der Waals surface area contributed by atoms with Crippen LogP contribution in [0.4, 0.5) is 0 Å². The molecule has 2 aromatic rings. The van der Waals surface area contributed by atoms with Gasteiger partial charge in [-0.1, -0.05) is 13.8 Å². The monoisotopic (exact) mass is 279 g/mol. The molecule has 108 valence electrons. The highest BCUT2D eigenvalue weighted by molar-refractivity contribution is 5.66. The molecule has 7 nitrogen and oxygen atoms in total. The molecule has 20 heavy (non-hydrogen) atoms. The Morgan fingerprint density at radius 2 is 2.20 bits per heavy atom. The normalized spacial score (nSPS) is 11.4. The van der Waals surface area contributed by atoms with E-state index in [1.807, 2.05) is 13.8 Å². The Bertz CT molecular complexity index is 699. The third-order valence-electron chi connectivity index (χ3n) is 2.91. The molecule has 0 bridgehead atoms. The molecule has 0 unspecified atom stereocenters. The van der Waals surface area contributed by atoms with E-state index in [0.717, 1.165) is 10.2 Å². The maximum Gasteiger partial charge on any atom is 0.325 e. The lowest BCUT2D eigenvalue weighted by Crippen LogP contribution is -2.30. The van der Waals surface area contributed by atoms with Crippen molar-refractivity contribution < 1.29 is 14.6 Å². The number of ether oxygens (including phenoxy) is 1. The fourth-order valence-electron chi connectivity index (χ4n) is 2.10. The lowest BCUT2D eigenvalue weighted by molar-refractivity contribution is -0.138. The van der Waals surface area contributed by atoms with Gasteiger partial charge in [-0.2, -0.15) is 5.10 Å². The summed E-state index contributed by atoms with van der Waals surface area (Å²) in [5.74, 6) is -0.397. The summed E-state index contributed by atoms with van der Waals surface area (Å²) in [5.41, 5.74) is 0.845. The Morgan fingerprint density at radius 3 is 2.75 bits per heavy atom. The van der Waals surface area contributed by atoms with Gasteiger partial charge in [0.1, 0.15) is 17.9 Å². The second-order valence-corrected chi connectivity index (χ2v) is 4.91. The molecular formula is C13H17N3O4. The molecule has 0 saturated heterocycles. The van der Waals surface area contributed by atoms with Crippen molar-refractivity contribution in [3.8, 4) is 0 Å². The zero-order chi connectivity index (χ0) is 14.9. The minimum atomic E-state index is -1.10. The number of carboxylic acids is 1. The van der Waals surface area contributed by atoms with Gasteiger partial charge in [-0.3, -0.25) is 14.0 Å². The van der Waals surface area contributed by atoms with Crippen LogP contribution in [-0.2, 0) is 22.7 Å². The van der Waals surface area contributed by atoms with Crippen LogP contribution in [0.15, 0.2) is 17.1 Å². The average Bonchev–Trinajstić information content (AvgIpc) is 2.76. The average molecular weight is 279 g/mol. The van der Waals surface area contributed by atoms with Crippen molar-refractivity contribution in [2.75, 3.05) is 7.11 Å². The van der Waals surface area contributed by atoms with Crippen LogP contribution in [0.1, 0.15) is 31.2 Å². The predicted molar refractivity (Wildman–Crippen MR) is 71.9 cm³/mol. The minimum Gasteiger partial charge on any atom is -0.480 e. The SMILES string of the molecule is COCc1cc2c(=O)n(CC(=O)O)nc(C(C)C)n2c1. The van der Waals surface area contributed by atoms with Gasteiger partial charge in [0.05, 0.1) is 6.61 Å². The van der Waals surface area contributed by atoms with E-state index in [1.54, 1.807) is 23.8 Å². The van der Waals surface area contributed by atoms with Gasteiger partial charge in [0.25, 0.3) is 5.56 Å². The van der Waals surface area contributed by atoms with Crippen LogP contribution < -0.4 is 5.56 Å². The summed E-state index contributed by atoms with van der Waals surface area (Å²) in [6, 6.07) is 1.71. The summed E-state index contributed by atoms with van der Waals surface area (Å²) in [7, 11) is 1.58. The standard InChI is InChI=1S/C13H17N3O4/c1-8(2)12-14-16(6-11(17)18)13(19)10-4-9(7-20-3)5-15(10)12/h4-5,8H,6-7H2,1-3H3,(H,17,18). The van der Waals surface area contributed by atoms with Gasteiger partial charge in [-0.05, 0) is 11.6 Å². The molecule has 7 heteroatoms. The lowest BCUT2D eigenvalue weighted by Gasteiger charge is -2.11. The number of methoxy groups -OCH3 is 1. The van der Waals surface area contributed by atoms with Gasteiger partial charge < -0.3 is 9.84 Å². The van der Waals surface area contributed by atoms with Crippen LogP contribution in [0.3, 0.4) is 0 Å². The number of carboxylic acid groups (broad SMARTS) is 1. The molecule has 0 spiro atoms. The summed E-state index contributed by atoms with van der Waals surface area (Å²) in [4.78, 5) is 23.1. The highest BCUT2D eigenvalue weighted by atomic mass is 16.5. The van der Waals surface area contributed by atoms with E-state index in [0.29, 0.717) is 17.9 Å². The fourth-order valence-corrected chi connectivity index (χ4v) is 2.10. The highest BCUT2D eigenvalue weighted by Gasteiger charge is 2.15. The van der Waals surface area contributed by atoms with E-state index in [2.05, 4.69) is 5.10 Å². The van der Waals surface area contributed by atoms with Crippen molar-refractivity contribution in [2.24, 2.45) is 0 Å². The first-order valence-electron chi connectivity index (χ1n) is 6.26. The molecule has 1 N–H and O–H groups in total. The molecule has 2 aromatic heterocycles. The van der Waals surface area contributed by atoms with Gasteiger partial charge in [-0.15, -0.1) is 0 Å². The second kappa shape index (κ2) is 5.46. The second-order valence-electron chi connectivity index (χ2n) is 4.91. The van der Waals surface area contributed by atoms with Crippen molar-refractivity contribution >= 4 is 11.5 Å². The molecule has 0 aliphatic rings. The number of aromatic nitrogens is 3. The lowest BCUT2D eigenvalue weighted by atomic mass is 10.2. The summed E-state index contributed by atoms with van der Waals surface area (Å²) in [6.07, 6.45) is 1.80. The Kier molecular flexibility index (Phi) is 3.89. The van der Waals surface area contributed by atoms with Crippen LogP contribution in [0.2, 0.25) is 0 Å². The number of rotatable bonds is 5. The molecule has 0 aliphatic heterocycles. The van der Waals surface area contributed by atoms with E-state index < -0.39 is 18.1 Å². The molecular weight excluding hydrogens is 262 g/mol. The largest absolute Gasteiger partial charge is 0.480 e. The zero-order valence-corrected chi connectivity index (χ0v) is 11.7. The molecule has 0 saturated carbocycles. The molecule has 0 aliphatic carbocycles. The number of fused-ring (bicyclic) bond motifs is 1. The van der Waals surface area contributed by atoms with E-state index in [-0.39, 0.29) is 5.92 Å². The number of hydrogen-bond donors (Lipinski definition) is 1. The number of nitrogens with zero attached hydrogens (tertiary/aromatic N) is 3. The first-order chi connectivity index (χ1) is 9.43. The summed E-state index contributed by atoms with van der Waals surface area (Å²) < 4.78 is 7.75. The quantitative estimate of drug-likeness (QED) is 0.877. The van der Waals surface area contributed by atoms with E-state index in [9.17, 15) is 9.59 Å². The Morgan fingerprint density at radius 1 is 1.50 bits per heavy atom. The molecule has 0 amide bonds.